The van der Waals surface area contributed by atoms with Crippen LogP contribution in [0.2, 0.25) is 0 Å². The van der Waals surface area contributed by atoms with Gasteiger partial charge in [0.25, 0.3) is 5.56 Å². The fourth-order valence-electron chi connectivity index (χ4n) is 5.25. The fraction of sp³-hybridized carbons (Fsp3) is 0.519. The van der Waals surface area contributed by atoms with Crippen molar-refractivity contribution in [3.63, 3.8) is 0 Å². The molecule has 0 bridgehead atoms. The number of ether oxygens (including phenoxy) is 2. The van der Waals surface area contributed by atoms with Crippen LogP contribution in [0.4, 0.5) is 5.00 Å². The maximum Gasteiger partial charge on any atom is 0.348 e. The Labute approximate surface area is 228 Å². The molecule has 9 nitrogen and oxygen atoms in total. The maximum absolute atomic E-state index is 13.3. The lowest BCUT2D eigenvalue weighted by molar-refractivity contribution is -0.116. The maximum atomic E-state index is 13.3. The van der Waals surface area contributed by atoms with Crippen LogP contribution in [0.25, 0.3) is 10.2 Å². The van der Waals surface area contributed by atoms with E-state index in [2.05, 4.69) is 10.3 Å². The lowest BCUT2D eigenvalue weighted by Crippen LogP contribution is -2.28. The van der Waals surface area contributed by atoms with Crippen molar-refractivity contribution in [2.75, 3.05) is 11.9 Å². The van der Waals surface area contributed by atoms with Gasteiger partial charge in [-0.05, 0) is 76.3 Å². The highest BCUT2D eigenvalue weighted by molar-refractivity contribution is 7.20. The van der Waals surface area contributed by atoms with Crippen LogP contribution in [-0.2, 0) is 33.7 Å². The standard InChI is InChI=1S/C27H31N3O6S2/c1-3-35-26(33)21-17-11-7-8-12-18(17)37-24(21)29-19(31)13-30-14-28-23-20(25(30)32)15(2)22(38-23)27(34)36-16-9-5-4-6-10-16/h14,16H,3-13H2,1-2H3,(H,29,31). The quantitative estimate of drug-likeness (QED) is 0.406. The molecule has 1 fully saturated rings. The molecule has 38 heavy (non-hydrogen) atoms. The third kappa shape index (κ3) is 5.26. The normalized spacial score (nSPS) is 15.7. The Hall–Kier alpha value is -3.05. The van der Waals surface area contributed by atoms with Gasteiger partial charge in [-0.1, -0.05) is 6.42 Å². The minimum Gasteiger partial charge on any atom is -0.462 e. The van der Waals surface area contributed by atoms with Crippen LogP contribution in [0.1, 0.15) is 87.9 Å². The predicted molar refractivity (Wildman–Crippen MR) is 146 cm³/mol. The molecule has 0 radical (unpaired) electrons. The molecule has 11 heteroatoms. The number of fused-ring (bicyclic) bond motifs is 2. The summed E-state index contributed by atoms with van der Waals surface area (Å²) in [6, 6.07) is 0. The first-order valence-electron chi connectivity index (χ1n) is 13.2. The molecule has 0 unspecified atom stereocenters. The van der Waals surface area contributed by atoms with Crippen molar-refractivity contribution in [2.45, 2.75) is 84.3 Å². The van der Waals surface area contributed by atoms with Gasteiger partial charge in [0, 0.05) is 4.88 Å². The van der Waals surface area contributed by atoms with E-state index in [1.165, 1.54) is 22.2 Å². The second-order valence-corrected chi connectivity index (χ2v) is 11.9. The number of aryl methyl sites for hydroxylation is 2. The highest BCUT2D eigenvalue weighted by atomic mass is 32.1. The van der Waals surface area contributed by atoms with Crippen LogP contribution in [0.15, 0.2) is 11.1 Å². The summed E-state index contributed by atoms with van der Waals surface area (Å²) in [7, 11) is 0. The minimum atomic E-state index is -0.442. The summed E-state index contributed by atoms with van der Waals surface area (Å²) >= 11 is 2.54. The van der Waals surface area contributed by atoms with Crippen LogP contribution in [0.5, 0.6) is 0 Å². The highest BCUT2D eigenvalue weighted by Crippen LogP contribution is 2.38. The molecule has 0 atom stereocenters. The number of esters is 2. The van der Waals surface area contributed by atoms with E-state index >= 15 is 0 Å². The molecule has 2 aliphatic rings. The van der Waals surface area contributed by atoms with Crippen molar-refractivity contribution < 1.29 is 23.9 Å². The first-order chi connectivity index (χ1) is 18.4. The summed E-state index contributed by atoms with van der Waals surface area (Å²) in [4.78, 5) is 58.1. The summed E-state index contributed by atoms with van der Waals surface area (Å²) in [6.45, 7) is 3.43. The Morgan fingerprint density at radius 1 is 1.08 bits per heavy atom. The summed E-state index contributed by atoms with van der Waals surface area (Å²) in [5.74, 6) is -1.31. The Balaban J connectivity index is 1.36. The number of thiophene rings is 2. The summed E-state index contributed by atoms with van der Waals surface area (Å²) in [5, 5.41) is 3.61. The zero-order valence-corrected chi connectivity index (χ0v) is 23.2. The van der Waals surface area contributed by atoms with Crippen molar-refractivity contribution in [3.05, 3.63) is 43.1 Å². The largest absolute Gasteiger partial charge is 0.462 e. The number of nitrogens with one attached hydrogen (secondary N) is 1. The van der Waals surface area contributed by atoms with E-state index in [9.17, 15) is 19.2 Å². The molecular weight excluding hydrogens is 526 g/mol. The SMILES string of the molecule is CCOC(=O)c1c(NC(=O)Cn2cnc3sc(C(=O)OC4CCCCC4)c(C)c3c2=O)sc2c1CCCC2. The van der Waals surface area contributed by atoms with Crippen LogP contribution >= 0.6 is 22.7 Å². The van der Waals surface area contributed by atoms with Gasteiger partial charge in [-0.25, -0.2) is 14.6 Å². The molecule has 0 saturated heterocycles. The second-order valence-electron chi connectivity index (χ2n) is 9.76. The number of carbonyl (C=O) groups is 3. The van der Waals surface area contributed by atoms with Crippen molar-refractivity contribution in [3.8, 4) is 0 Å². The van der Waals surface area contributed by atoms with Crippen molar-refractivity contribution >= 4 is 55.7 Å². The van der Waals surface area contributed by atoms with E-state index in [0.717, 1.165) is 79.6 Å². The zero-order valence-electron chi connectivity index (χ0n) is 21.6. The van der Waals surface area contributed by atoms with Crippen LogP contribution in [0, 0.1) is 6.92 Å². The number of aromatic nitrogens is 2. The molecule has 1 amide bonds. The van der Waals surface area contributed by atoms with Gasteiger partial charge in [0.15, 0.2) is 0 Å². The molecule has 5 rings (SSSR count). The number of hydrogen-bond acceptors (Lipinski definition) is 9. The molecule has 1 saturated carbocycles. The average molecular weight is 558 g/mol. The fourth-order valence-corrected chi connectivity index (χ4v) is 7.56. The lowest BCUT2D eigenvalue weighted by atomic mass is 9.95. The average Bonchev–Trinajstić information content (AvgIpc) is 3.44. The molecule has 3 aromatic heterocycles. The summed E-state index contributed by atoms with van der Waals surface area (Å²) < 4.78 is 12.2. The first-order valence-corrected chi connectivity index (χ1v) is 14.8. The number of nitrogens with zero attached hydrogens (tertiary/aromatic N) is 2. The van der Waals surface area contributed by atoms with Crippen LogP contribution in [0.3, 0.4) is 0 Å². The Morgan fingerprint density at radius 3 is 2.61 bits per heavy atom. The number of carbonyl (C=O) groups excluding carboxylic acids is 3. The van der Waals surface area contributed by atoms with Crippen molar-refractivity contribution in [2.24, 2.45) is 0 Å². The lowest BCUT2D eigenvalue weighted by Gasteiger charge is -2.21. The third-order valence-electron chi connectivity index (χ3n) is 7.15. The minimum absolute atomic E-state index is 0.0865. The van der Waals surface area contributed by atoms with E-state index in [0.29, 0.717) is 31.2 Å². The Kier molecular flexibility index (Phi) is 7.94. The van der Waals surface area contributed by atoms with Crippen molar-refractivity contribution in [1.82, 2.24) is 9.55 Å². The molecule has 0 spiro atoms. The highest BCUT2D eigenvalue weighted by Gasteiger charge is 2.28. The van der Waals surface area contributed by atoms with Gasteiger partial charge < -0.3 is 14.8 Å². The van der Waals surface area contributed by atoms with E-state index < -0.39 is 23.4 Å². The van der Waals surface area contributed by atoms with E-state index in [4.69, 9.17) is 9.47 Å². The molecular formula is C27H31N3O6S2. The summed E-state index contributed by atoms with van der Waals surface area (Å²) in [6.07, 6.45) is 9.89. The van der Waals surface area contributed by atoms with Crippen molar-refractivity contribution in [1.29, 1.82) is 0 Å². The smallest absolute Gasteiger partial charge is 0.348 e. The molecule has 3 heterocycles. The molecule has 202 valence electrons. The van der Waals surface area contributed by atoms with E-state index in [-0.39, 0.29) is 19.3 Å². The second kappa shape index (κ2) is 11.4. The monoisotopic (exact) mass is 557 g/mol. The number of rotatable bonds is 7. The van der Waals surface area contributed by atoms with Gasteiger partial charge in [-0.2, -0.15) is 0 Å². The van der Waals surface area contributed by atoms with Crippen LogP contribution < -0.4 is 10.9 Å². The van der Waals surface area contributed by atoms with Gasteiger partial charge in [0.05, 0.1) is 23.9 Å². The van der Waals surface area contributed by atoms with Gasteiger partial charge >= 0.3 is 11.9 Å². The van der Waals surface area contributed by atoms with Gasteiger partial charge in [0.2, 0.25) is 5.91 Å². The zero-order chi connectivity index (χ0) is 26.8. The summed E-state index contributed by atoms with van der Waals surface area (Å²) in [5.41, 5.74) is 1.51. The number of anilines is 1. The molecule has 1 N–H and O–H groups in total. The number of amides is 1. The molecule has 3 aromatic rings. The Bertz CT molecular complexity index is 1450. The molecule has 0 aromatic carbocycles. The van der Waals surface area contributed by atoms with E-state index in [1.807, 2.05) is 0 Å². The van der Waals surface area contributed by atoms with Gasteiger partial charge in [-0.3, -0.25) is 14.2 Å². The van der Waals surface area contributed by atoms with Crippen LogP contribution in [-0.4, -0.2) is 40.1 Å². The predicted octanol–water partition coefficient (Wildman–Crippen LogP) is 5.01. The van der Waals surface area contributed by atoms with Gasteiger partial charge in [-0.15, -0.1) is 22.7 Å². The molecule has 2 aliphatic carbocycles. The van der Waals surface area contributed by atoms with E-state index in [1.54, 1.807) is 13.8 Å². The first kappa shape index (κ1) is 26.6. The molecule has 0 aliphatic heterocycles. The topological polar surface area (TPSA) is 117 Å². The Morgan fingerprint density at radius 2 is 1.84 bits per heavy atom. The van der Waals surface area contributed by atoms with Gasteiger partial charge in [0.1, 0.15) is 27.4 Å². The number of hydrogen-bond donors (Lipinski definition) is 1. The third-order valence-corrected chi connectivity index (χ3v) is 9.53.